The number of hydrogen-bond donors (Lipinski definition) is 1. The number of aryl methyl sites for hydroxylation is 1. The van der Waals surface area contributed by atoms with Gasteiger partial charge in [-0.1, -0.05) is 29.8 Å². The third-order valence-electron chi connectivity index (χ3n) is 3.34. The zero-order valence-electron chi connectivity index (χ0n) is 13.3. The quantitative estimate of drug-likeness (QED) is 0.855. The van der Waals surface area contributed by atoms with E-state index >= 15 is 0 Å². The van der Waals surface area contributed by atoms with Gasteiger partial charge >= 0.3 is 5.97 Å². The summed E-state index contributed by atoms with van der Waals surface area (Å²) >= 11 is 0. The summed E-state index contributed by atoms with van der Waals surface area (Å²) in [7, 11) is 0. The fourth-order valence-corrected chi connectivity index (χ4v) is 1.99. The molecule has 0 saturated carbocycles. The van der Waals surface area contributed by atoms with Crippen LogP contribution < -0.4 is 5.32 Å². The highest BCUT2D eigenvalue weighted by Gasteiger charge is 2.19. The standard InChI is InChI=1S/C18H17F2NO3/c1-11-3-5-13(6-4-11)10-21-17(22)12(2)24-18(23)14-7-15(19)9-16(20)8-14/h3-9,12H,10H2,1-2H3,(H,21,22)/t12-/m1/s1. The second-order valence-corrected chi connectivity index (χ2v) is 5.41. The maximum atomic E-state index is 13.1. The normalized spacial score (nSPS) is 11.7. The van der Waals surface area contributed by atoms with E-state index in [1.54, 1.807) is 0 Å². The van der Waals surface area contributed by atoms with Crippen molar-refractivity contribution in [1.29, 1.82) is 0 Å². The SMILES string of the molecule is Cc1ccc(CNC(=O)[C@@H](C)OC(=O)c2cc(F)cc(F)c2)cc1. The summed E-state index contributed by atoms with van der Waals surface area (Å²) in [6.07, 6.45) is -1.09. The van der Waals surface area contributed by atoms with E-state index in [0.717, 1.165) is 23.3 Å². The van der Waals surface area contributed by atoms with Gasteiger partial charge in [0.1, 0.15) is 11.6 Å². The summed E-state index contributed by atoms with van der Waals surface area (Å²) in [5.41, 5.74) is 1.72. The summed E-state index contributed by atoms with van der Waals surface area (Å²) in [5, 5.41) is 2.63. The van der Waals surface area contributed by atoms with Gasteiger partial charge in [0.15, 0.2) is 6.10 Å². The van der Waals surface area contributed by atoms with E-state index in [1.165, 1.54) is 6.92 Å². The van der Waals surface area contributed by atoms with Crippen LogP contribution in [0.15, 0.2) is 42.5 Å². The Labute approximate surface area is 138 Å². The van der Waals surface area contributed by atoms with Crippen molar-refractivity contribution in [2.24, 2.45) is 0 Å². The van der Waals surface area contributed by atoms with Crippen molar-refractivity contribution in [2.45, 2.75) is 26.5 Å². The second kappa shape index (κ2) is 7.68. The minimum absolute atomic E-state index is 0.286. The molecule has 2 rings (SSSR count). The molecular weight excluding hydrogens is 316 g/mol. The zero-order valence-corrected chi connectivity index (χ0v) is 13.3. The molecular formula is C18H17F2NO3. The summed E-state index contributed by atoms with van der Waals surface area (Å²) in [4.78, 5) is 23.8. The van der Waals surface area contributed by atoms with Crippen LogP contribution in [-0.4, -0.2) is 18.0 Å². The van der Waals surface area contributed by atoms with Crippen LogP contribution in [0.5, 0.6) is 0 Å². The Kier molecular flexibility index (Phi) is 5.63. The molecule has 0 aromatic heterocycles. The average molecular weight is 333 g/mol. The van der Waals surface area contributed by atoms with Gasteiger partial charge in [-0.05, 0) is 31.5 Å². The number of amides is 1. The third-order valence-corrected chi connectivity index (χ3v) is 3.34. The Hall–Kier alpha value is -2.76. The number of halogens is 2. The molecule has 2 aromatic rings. The molecule has 0 radical (unpaired) electrons. The summed E-state index contributed by atoms with van der Waals surface area (Å²) in [6.45, 7) is 3.63. The van der Waals surface area contributed by atoms with Crippen molar-refractivity contribution < 1.29 is 23.1 Å². The number of nitrogens with one attached hydrogen (secondary N) is 1. The molecule has 1 atom stereocenters. The van der Waals surface area contributed by atoms with E-state index in [-0.39, 0.29) is 12.1 Å². The third kappa shape index (κ3) is 4.87. The number of carbonyl (C=O) groups is 2. The van der Waals surface area contributed by atoms with Crippen LogP contribution in [0, 0.1) is 18.6 Å². The average Bonchev–Trinajstić information content (AvgIpc) is 2.53. The van der Waals surface area contributed by atoms with Crippen molar-refractivity contribution in [3.05, 3.63) is 70.8 Å². The number of ether oxygens (including phenoxy) is 1. The van der Waals surface area contributed by atoms with Gasteiger partial charge in [0.05, 0.1) is 5.56 Å². The van der Waals surface area contributed by atoms with Crippen molar-refractivity contribution in [3.63, 3.8) is 0 Å². The van der Waals surface area contributed by atoms with E-state index in [9.17, 15) is 18.4 Å². The van der Waals surface area contributed by atoms with Crippen LogP contribution in [0.1, 0.15) is 28.4 Å². The van der Waals surface area contributed by atoms with Crippen molar-refractivity contribution >= 4 is 11.9 Å². The van der Waals surface area contributed by atoms with E-state index in [2.05, 4.69) is 5.32 Å². The highest BCUT2D eigenvalue weighted by atomic mass is 19.1. The Morgan fingerprint density at radius 1 is 1.08 bits per heavy atom. The van der Waals surface area contributed by atoms with E-state index in [1.807, 2.05) is 31.2 Å². The maximum Gasteiger partial charge on any atom is 0.339 e. The molecule has 0 aliphatic carbocycles. The first kappa shape index (κ1) is 17.6. The first-order valence-electron chi connectivity index (χ1n) is 7.35. The lowest BCUT2D eigenvalue weighted by molar-refractivity contribution is -0.129. The van der Waals surface area contributed by atoms with Crippen LogP contribution in [0.3, 0.4) is 0 Å². The zero-order chi connectivity index (χ0) is 17.7. The Balaban J connectivity index is 1.90. The largest absolute Gasteiger partial charge is 0.449 e. The Morgan fingerprint density at radius 3 is 2.25 bits per heavy atom. The number of hydrogen-bond acceptors (Lipinski definition) is 3. The topological polar surface area (TPSA) is 55.4 Å². The molecule has 0 aliphatic rings. The number of rotatable bonds is 5. The molecule has 0 fully saturated rings. The van der Waals surface area contributed by atoms with Crippen LogP contribution in [0.2, 0.25) is 0 Å². The monoisotopic (exact) mass is 333 g/mol. The number of carbonyl (C=O) groups excluding carboxylic acids is 2. The predicted octanol–water partition coefficient (Wildman–Crippen LogP) is 3.13. The molecule has 0 saturated heterocycles. The second-order valence-electron chi connectivity index (χ2n) is 5.41. The van der Waals surface area contributed by atoms with Crippen LogP contribution >= 0.6 is 0 Å². The highest BCUT2D eigenvalue weighted by Crippen LogP contribution is 2.10. The van der Waals surface area contributed by atoms with E-state index in [0.29, 0.717) is 6.07 Å². The van der Waals surface area contributed by atoms with Crippen molar-refractivity contribution in [3.8, 4) is 0 Å². The fraction of sp³-hybridized carbons (Fsp3) is 0.222. The molecule has 6 heteroatoms. The van der Waals surface area contributed by atoms with Gasteiger partial charge in [0.25, 0.3) is 5.91 Å². The smallest absolute Gasteiger partial charge is 0.339 e. The molecule has 0 bridgehead atoms. The lowest BCUT2D eigenvalue weighted by Gasteiger charge is -2.14. The summed E-state index contributed by atoms with van der Waals surface area (Å²) < 4.78 is 31.1. The predicted molar refractivity (Wildman–Crippen MR) is 84.3 cm³/mol. The number of esters is 1. The van der Waals surface area contributed by atoms with Crippen LogP contribution in [0.4, 0.5) is 8.78 Å². The summed E-state index contributed by atoms with van der Waals surface area (Å²) in [6, 6.07) is 9.94. The van der Waals surface area contributed by atoms with Crippen LogP contribution in [0.25, 0.3) is 0 Å². The molecule has 4 nitrogen and oxygen atoms in total. The minimum atomic E-state index is -1.09. The van der Waals surface area contributed by atoms with Gasteiger partial charge in [-0.25, -0.2) is 13.6 Å². The first-order valence-corrected chi connectivity index (χ1v) is 7.35. The summed E-state index contributed by atoms with van der Waals surface area (Å²) in [5.74, 6) is -3.25. The van der Waals surface area contributed by atoms with Gasteiger partial charge in [-0.3, -0.25) is 4.79 Å². The Bertz CT molecular complexity index is 724. The highest BCUT2D eigenvalue weighted by molar-refractivity contribution is 5.92. The van der Waals surface area contributed by atoms with E-state index in [4.69, 9.17) is 4.74 Å². The molecule has 1 amide bonds. The lowest BCUT2D eigenvalue weighted by Crippen LogP contribution is -2.35. The van der Waals surface area contributed by atoms with Crippen LogP contribution in [-0.2, 0) is 16.1 Å². The van der Waals surface area contributed by atoms with Gasteiger partial charge in [0, 0.05) is 12.6 Å². The molecule has 0 aliphatic heterocycles. The maximum absolute atomic E-state index is 13.1. The Morgan fingerprint density at radius 2 is 1.67 bits per heavy atom. The molecule has 2 aromatic carbocycles. The molecule has 0 unspecified atom stereocenters. The lowest BCUT2D eigenvalue weighted by atomic mass is 10.1. The first-order chi connectivity index (χ1) is 11.3. The van der Waals surface area contributed by atoms with Gasteiger partial charge in [0.2, 0.25) is 0 Å². The van der Waals surface area contributed by atoms with Gasteiger partial charge in [-0.2, -0.15) is 0 Å². The van der Waals surface area contributed by atoms with E-state index < -0.39 is 29.6 Å². The van der Waals surface area contributed by atoms with Gasteiger partial charge in [-0.15, -0.1) is 0 Å². The molecule has 0 heterocycles. The minimum Gasteiger partial charge on any atom is -0.449 e. The molecule has 126 valence electrons. The fourth-order valence-electron chi connectivity index (χ4n) is 1.99. The molecule has 1 N–H and O–H groups in total. The van der Waals surface area contributed by atoms with Gasteiger partial charge < -0.3 is 10.1 Å². The van der Waals surface area contributed by atoms with Crippen molar-refractivity contribution in [2.75, 3.05) is 0 Å². The molecule has 0 spiro atoms. The molecule has 24 heavy (non-hydrogen) atoms. The number of benzene rings is 2. The van der Waals surface area contributed by atoms with Crippen molar-refractivity contribution in [1.82, 2.24) is 5.32 Å².